The van der Waals surface area contributed by atoms with Crippen molar-refractivity contribution in [3.63, 3.8) is 0 Å². The molecule has 0 atom stereocenters. The number of carbonyl (C=O) groups is 2. The molecule has 0 bridgehead atoms. The van der Waals surface area contributed by atoms with E-state index in [1.165, 1.54) is 18.4 Å². The summed E-state index contributed by atoms with van der Waals surface area (Å²) in [5.41, 5.74) is 0.713. The summed E-state index contributed by atoms with van der Waals surface area (Å²) in [7, 11) is 0. The predicted molar refractivity (Wildman–Crippen MR) is 85.7 cm³/mol. The largest absolute Gasteiger partial charge is 0.459 e. The lowest BCUT2D eigenvalue weighted by Crippen LogP contribution is -2.36. The van der Waals surface area contributed by atoms with Gasteiger partial charge in [-0.1, -0.05) is 23.7 Å². The number of rotatable bonds is 6. The molecular weight excluding hydrogens is 320 g/mol. The molecule has 0 fully saturated rings. The van der Waals surface area contributed by atoms with Gasteiger partial charge in [0, 0.05) is 11.6 Å². The maximum atomic E-state index is 12.1. The summed E-state index contributed by atoms with van der Waals surface area (Å²) in [6, 6.07) is 9.82. The zero-order chi connectivity index (χ0) is 16.7. The molecule has 0 aliphatic heterocycles. The topological polar surface area (TPSA) is 91.6 Å². The van der Waals surface area contributed by atoms with Crippen molar-refractivity contribution in [2.24, 2.45) is 0 Å². The van der Waals surface area contributed by atoms with Gasteiger partial charge in [-0.05, 0) is 35.9 Å². The van der Waals surface area contributed by atoms with Crippen LogP contribution in [-0.2, 0) is 4.79 Å². The standard InChI is InChI=1S/C16H15ClN2O4/c17-12-5-3-11(4-6-12)10-13(15(21)18-7-8-20)19-16(22)14-2-1-9-23-14/h1-6,9-10,20H,7-8H2,(H,18,21)(H,19,22)/b13-10+. The zero-order valence-corrected chi connectivity index (χ0v) is 12.8. The number of aliphatic hydroxyl groups excluding tert-OH is 1. The number of carbonyl (C=O) groups excluding carboxylic acids is 2. The van der Waals surface area contributed by atoms with Gasteiger partial charge in [0.05, 0.1) is 12.9 Å². The first-order chi connectivity index (χ1) is 11.1. The fraction of sp³-hybridized carbons (Fsp3) is 0.125. The highest BCUT2D eigenvalue weighted by Gasteiger charge is 2.15. The SMILES string of the molecule is O=C(NCCO)/C(=C\c1ccc(Cl)cc1)NC(=O)c1ccco1. The van der Waals surface area contributed by atoms with Crippen LogP contribution in [0.2, 0.25) is 5.02 Å². The third kappa shape index (κ3) is 4.98. The Morgan fingerprint density at radius 3 is 2.57 bits per heavy atom. The highest BCUT2D eigenvalue weighted by atomic mass is 35.5. The van der Waals surface area contributed by atoms with E-state index in [0.29, 0.717) is 10.6 Å². The summed E-state index contributed by atoms with van der Waals surface area (Å²) in [6.45, 7) is -0.125. The quantitative estimate of drug-likeness (QED) is 0.703. The number of hydrogen-bond donors (Lipinski definition) is 3. The second-order valence-electron chi connectivity index (χ2n) is 4.52. The van der Waals surface area contributed by atoms with Crippen LogP contribution in [0.25, 0.3) is 6.08 Å². The maximum absolute atomic E-state index is 12.1. The molecule has 0 saturated carbocycles. The molecule has 2 amide bonds. The van der Waals surface area contributed by atoms with Crippen LogP contribution in [0.1, 0.15) is 16.1 Å². The van der Waals surface area contributed by atoms with Crippen LogP contribution in [0.3, 0.4) is 0 Å². The number of halogens is 1. The van der Waals surface area contributed by atoms with Gasteiger partial charge in [0.25, 0.3) is 11.8 Å². The van der Waals surface area contributed by atoms with Crippen LogP contribution in [0.15, 0.2) is 52.8 Å². The van der Waals surface area contributed by atoms with Gasteiger partial charge in [-0.2, -0.15) is 0 Å². The molecule has 0 aliphatic carbocycles. The van der Waals surface area contributed by atoms with Crippen LogP contribution in [0, 0.1) is 0 Å². The summed E-state index contributed by atoms with van der Waals surface area (Å²) < 4.78 is 4.99. The van der Waals surface area contributed by atoms with Gasteiger partial charge in [-0.3, -0.25) is 9.59 Å². The van der Waals surface area contributed by atoms with E-state index in [9.17, 15) is 9.59 Å². The molecule has 120 valence electrons. The molecule has 0 aliphatic rings. The Kier molecular flexibility index (Phi) is 5.96. The molecule has 0 saturated heterocycles. The second-order valence-corrected chi connectivity index (χ2v) is 4.96. The Balaban J connectivity index is 2.22. The average molecular weight is 335 g/mol. The monoisotopic (exact) mass is 334 g/mol. The third-order valence-electron chi connectivity index (χ3n) is 2.82. The van der Waals surface area contributed by atoms with Crippen LogP contribution in [0.4, 0.5) is 0 Å². The fourth-order valence-electron chi connectivity index (χ4n) is 1.74. The first-order valence-electron chi connectivity index (χ1n) is 6.81. The van der Waals surface area contributed by atoms with E-state index in [1.807, 2.05) is 0 Å². The van der Waals surface area contributed by atoms with Gasteiger partial charge < -0.3 is 20.2 Å². The smallest absolute Gasteiger partial charge is 0.291 e. The molecule has 0 spiro atoms. The highest BCUT2D eigenvalue weighted by Crippen LogP contribution is 2.12. The first-order valence-corrected chi connectivity index (χ1v) is 7.19. The summed E-state index contributed by atoms with van der Waals surface area (Å²) in [5, 5.41) is 14.3. The molecule has 1 aromatic carbocycles. The minimum atomic E-state index is -0.547. The van der Waals surface area contributed by atoms with Crippen LogP contribution in [0.5, 0.6) is 0 Å². The number of furan rings is 1. The Morgan fingerprint density at radius 2 is 1.96 bits per heavy atom. The number of benzene rings is 1. The Hall–Kier alpha value is -2.57. The fourth-order valence-corrected chi connectivity index (χ4v) is 1.87. The zero-order valence-electron chi connectivity index (χ0n) is 12.1. The van der Waals surface area contributed by atoms with Crippen LogP contribution >= 0.6 is 11.6 Å². The molecule has 2 rings (SSSR count). The van der Waals surface area contributed by atoms with Gasteiger partial charge in [0.15, 0.2) is 5.76 Å². The first kappa shape index (κ1) is 16.8. The summed E-state index contributed by atoms with van der Waals surface area (Å²) >= 11 is 5.82. The Labute approximate surface area is 137 Å². The number of amides is 2. The summed E-state index contributed by atoms with van der Waals surface area (Å²) in [4.78, 5) is 24.2. The van der Waals surface area contributed by atoms with E-state index in [-0.39, 0.29) is 24.6 Å². The van der Waals surface area contributed by atoms with Crippen molar-refractivity contribution in [3.8, 4) is 0 Å². The van der Waals surface area contributed by atoms with Gasteiger partial charge in [-0.15, -0.1) is 0 Å². The molecule has 6 nitrogen and oxygen atoms in total. The molecular formula is C16H15ClN2O4. The third-order valence-corrected chi connectivity index (χ3v) is 3.07. The Morgan fingerprint density at radius 1 is 1.22 bits per heavy atom. The van der Waals surface area contributed by atoms with Crippen molar-refractivity contribution in [3.05, 3.63) is 64.7 Å². The van der Waals surface area contributed by atoms with Crippen molar-refractivity contribution >= 4 is 29.5 Å². The normalized spacial score (nSPS) is 11.1. The number of hydrogen-bond acceptors (Lipinski definition) is 4. The van der Waals surface area contributed by atoms with E-state index in [4.69, 9.17) is 21.1 Å². The van der Waals surface area contributed by atoms with Crippen molar-refractivity contribution < 1.29 is 19.1 Å². The van der Waals surface area contributed by atoms with E-state index in [0.717, 1.165) is 0 Å². The Bertz CT molecular complexity index is 693. The minimum absolute atomic E-state index is 0.0298. The number of nitrogens with one attached hydrogen (secondary N) is 2. The van der Waals surface area contributed by atoms with Gasteiger partial charge >= 0.3 is 0 Å². The lowest BCUT2D eigenvalue weighted by Gasteiger charge is -2.09. The molecule has 2 aromatic rings. The second kappa shape index (κ2) is 8.17. The molecule has 23 heavy (non-hydrogen) atoms. The molecule has 3 N–H and O–H groups in total. The van der Waals surface area contributed by atoms with Gasteiger partial charge in [0.2, 0.25) is 0 Å². The van der Waals surface area contributed by atoms with Crippen LogP contribution < -0.4 is 10.6 Å². The van der Waals surface area contributed by atoms with Crippen molar-refractivity contribution in [1.29, 1.82) is 0 Å². The molecule has 7 heteroatoms. The van der Waals surface area contributed by atoms with E-state index < -0.39 is 11.8 Å². The molecule has 1 aromatic heterocycles. The average Bonchev–Trinajstić information content (AvgIpc) is 3.08. The predicted octanol–water partition coefficient (Wildman–Crippen LogP) is 1.81. The molecule has 0 radical (unpaired) electrons. The van der Waals surface area contributed by atoms with Crippen molar-refractivity contribution in [1.82, 2.24) is 10.6 Å². The van der Waals surface area contributed by atoms with Crippen molar-refractivity contribution in [2.45, 2.75) is 0 Å². The van der Waals surface area contributed by atoms with Crippen LogP contribution in [-0.4, -0.2) is 30.1 Å². The minimum Gasteiger partial charge on any atom is -0.459 e. The van der Waals surface area contributed by atoms with Gasteiger partial charge in [-0.25, -0.2) is 0 Å². The summed E-state index contributed by atoms with van der Waals surface area (Å²) in [5.74, 6) is -0.981. The lowest BCUT2D eigenvalue weighted by molar-refractivity contribution is -0.117. The molecule has 0 unspecified atom stereocenters. The highest BCUT2D eigenvalue weighted by molar-refractivity contribution is 6.30. The van der Waals surface area contributed by atoms with Gasteiger partial charge in [0.1, 0.15) is 5.70 Å². The molecule has 1 heterocycles. The van der Waals surface area contributed by atoms with Crippen molar-refractivity contribution in [2.75, 3.05) is 13.2 Å². The van der Waals surface area contributed by atoms with E-state index >= 15 is 0 Å². The maximum Gasteiger partial charge on any atom is 0.291 e. The van der Waals surface area contributed by atoms with E-state index in [2.05, 4.69) is 10.6 Å². The summed E-state index contributed by atoms with van der Waals surface area (Å²) in [6.07, 6.45) is 2.87. The lowest BCUT2D eigenvalue weighted by atomic mass is 10.2. The van der Waals surface area contributed by atoms with E-state index in [1.54, 1.807) is 30.3 Å². The number of aliphatic hydroxyl groups is 1.